The molecule has 0 bridgehead atoms. The Balaban J connectivity index is 1.68. The van der Waals surface area contributed by atoms with Gasteiger partial charge in [0.15, 0.2) is 12.0 Å². The zero-order valence-corrected chi connectivity index (χ0v) is 14.5. The lowest BCUT2D eigenvalue weighted by atomic mass is 10.00. The summed E-state index contributed by atoms with van der Waals surface area (Å²) >= 11 is 5.83. The quantitative estimate of drug-likeness (QED) is 0.823. The first-order valence-electron chi connectivity index (χ1n) is 8.05. The van der Waals surface area contributed by atoms with Crippen LogP contribution in [0.25, 0.3) is 11.0 Å². The number of benzene rings is 1. The number of amides is 1. The number of carbonyl (C=O) groups is 2. The molecule has 0 unspecified atom stereocenters. The van der Waals surface area contributed by atoms with Gasteiger partial charge in [-0.2, -0.15) is 5.26 Å². The Hall–Kier alpha value is -2.85. The van der Waals surface area contributed by atoms with Crippen LogP contribution < -0.4 is 10.7 Å². The molecule has 1 saturated carbocycles. The molecule has 8 heteroatoms. The van der Waals surface area contributed by atoms with Crippen molar-refractivity contribution in [3.8, 4) is 6.07 Å². The molecular weight excluding hydrogens is 360 g/mol. The lowest BCUT2D eigenvalue weighted by molar-refractivity contribution is -0.125. The summed E-state index contributed by atoms with van der Waals surface area (Å²) in [5, 5.41) is 12.5. The molecule has 0 aliphatic heterocycles. The van der Waals surface area contributed by atoms with E-state index in [1.807, 2.05) is 0 Å². The molecule has 1 aromatic carbocycles. The van der Waals surface area contributed by atoms with Crippen molar-refractivity contribution in [1.82, 2.24) is 5.32 Å². The number of nitrogens with zero attached hydrogens (tertiary/aromatic N) is 1. The Labute approximate surface area is 153 Å². The summed E-state index contributed by atoms with van der Waals surface area (Å²) in [6.45, 7) is -0.565. The van der Waals surface area contributed by atoms with E-state index in [1.54, 1.807) is 0 Å². The van der Waals surface area contributed by atoms with Crippen molar-refractivity contribution in [1.29, 1.82) is 5.26 Å². The molecule has 0 saturated heterocycles. The summed E-state index contributed by atoms with van der Waals surface area (Å²) in [6, 6.07) is 7.55. The van der Waals surface area contributed by atoms with Crippen LogP contribution in [0.5, 0.6) is 0 Å². The Morgan fingerprint density at radius 1 is 1.31 bits per heavy atom. The fraction of sp³-hybridized carbons (Fsp3) is 0.333. The molecule has 0 spiro atoms. The number of carbonyl (C=O) groups excluding carboxylic acids is 2. The van der Waals surface area contributed by atoms with E-state index in [2.05, 4.69) is 11.4 Å². The molecule has 1 amide bonds. The van der Waals surface area contributed by atoms with E-state index in [0.29, 0.717) is 17.9 Å². The third-order valence-corrected chi connectivity index (χ3v) is 4.51. The molecule has 1 N–H and O–H groups in total. The molecule has 0 atom stereocenters. The number of nitriles is 1. The smallest absolute Gasteiger partial charge is 0.374 e. The topological polar surface area (TPSA) is 109 Å². The van der Waals surface area contributed by atoms with Crippen LogP contribution in [0.15, 0.2) is 33.5 Å². The van der Waals surface area contributed by atoms with E-state index >= 15 is 0 Å². The largest absolute Gasteiger partial charge is 0.450 e. The standard InChI is InChI=1S/C18H15ClN2O5/c19-11-3-4-14-12(7-11)13(22)8-15(26-14)17(24)25-9-16(23)21-18(10-20)5-1-2-6-18/h3-4,7-8H,1-2,5-6,9H2,(H,21,23). The number of hydrogen-bond donors (Lipinski definition) is 1. The van der Waals surface area contributed by atoms with Crippen LogP contribution >= 0.6 is 11.6 Å². The monoisotopic (exact) mass is 374 g/mol. The van der Waals surface area contributed by atoms with Gasteiger partial charge in [-0.15, -0.1) is 0 Å². The molecule has 1 heterocycles. The molecule has 0 radical (unpaired) electrons. The summed E-state index contributed by atoms with van der Waals surface area (Å²) in [4.78, 5) is 36.1. The number of hydrogen-bond acceptors (Lipinski definition) is 6. The van der Waals surface area contributed by atoms with Crippen molar-refractivity contribution in [3.63, 3.8) is 0 Å². The van der Waals surface area contributed by atoms with Crippen molar-refractivity contribution in [3.05, 3.63) is 45.3 Å². The van der Waals surface area contributed by atoms with Gasteiger partial charge in [-0.1, -0.05) is 11.6 Å². The number of rotatable bonds is 4. The fourth-order valence-corrected chi connectivity index (χ4v) is 3.15. The van der Waals surface area contributed by atoms with Crippen molar-refractivity contribution in [2.24, 2.45) is 0 Å². The van der Waals surface area contributed by atoms with Crippen LogP contribution in [0, 0.1) is 11.3 Å². The van der Waals surface area contributed by atoms with Crippen LogP contribution in [0.2, 0.25) is 5.02 Å². The van der Waals surface area contributed by atoms with E-state index in [1.165, 1.54) is 18.2 Å². The average molecular weight is 375 g/mol. The predicted molar refractivity (Wildman–Crippen MR) is 92.7 cm³/mol. The molecule has 26 heavy (non-hydrogen) atoms. The van der Waals surface area contributed by atoms with Gasteiger partial charge in [0.2, 0.25) is 5.76 Å². The summed E-state index contributed by atoms with van der Waals surface area (Å²) in [7, 11) is 0. The van der Waals surface area contributed by atoms with E-state index in [0.717, 1.165) is 18.9 Å². The second kappa shape index (κ2) is 7.18. The second-order valence-corrected chi connectivity index (χ2v) is 6.58. The van der Waals surface area contributed by atoms with Crippen LogP contribution in [-0.4, -0.2) is 24.0 Å². The number of esters is 1. The van der Waals surface area contributed by atoms with Gasteiger partial charge in [0, 0.05) is 11.1 Å². The van der Waals surface area contributed by atoms with Crippen molar-refractivity contribution >= 4 is 34.4 Å². The Kier molecular flexibility index (Phi) is 4.96. The summed E-state index contributed by atoms with van der Waals surface area (Å²) in [5.41, 5.74) is -1.15. The van der Waals surface area contributed by atoms with Crippen LogP contribution in [0.1, 0.15) is 36.2 Å². The maximum atomic E-state index is 12.1. The molecule has 1 aromatic heterocycles. The highest BCUT2D eigenvalue weighted by Crippen LogP contribution is 2.28. The maximum absolute atomic E-state index is 12.1. The summed E-state index contributed by atoms with van der Waals surface area (Å²) < 4.78 is 10.2. The molecule has 7 nitrogen and oxygen atoms in total. The SMILES string of the molecule is N#CC1(NC(=O)COC(=O)c2cc(=O)c3cc(Cl)ccc3o2)CCCC1. The summed E-state index contributed by atoms with van der Waals surface area (Å²) in [5.74, 6) is -1.82. The third kappa shape index (κ3) is 3.70. The highest BCUT2D eigenvalue weighted by atomic mass is 35.5. The van der Waals surface area contributed by atoms with Crippen LogP contribution in [0.3, 0.4) is 0 Å². The Morgan fingerprint density at radius 2 is 2.04 bits per heavy atom. The van der Waals surface area contributed by atoms with E-state index < -0.39 is 29.5 Å². The fourth-order valence-electron chi connectivity index (χ4n) is 2.98. The molecule has 1 aliphatic rings. The Morgan fingerprint density at radius 3 is 2.73 bits per heavy atom. The molecule has 1 aliphatic carbocycles. The molecule has 2 aromatic rings. The zero-order chi connectivity index (χ0) is 18.7. The first kappa shape index (κ1) is 18.0. The molecular formula is C18H15ClN2O5. The van der Waals surface area contributed by atoms with E-state index in [4.69, 9.17) is 20.8 Å². The maximum Gasteiger partial charge on any atom is 0.374 e. The summed E-state index contributed by atoms with van der Waals surface area (Å²) in [6.07, 6.45) is 2.87. The average Bonchev–Trinajstić information content (AvgIpc) is 3.09. The zero-order valence-electron chi connectivity index (χ0n) is 13.7. The van der Waals surface area contributed by atoms with Crippen molar-refractivity contribution in [2.45, 2.75) is 31.2 Å². The van der Waals surface area contributed by atoms with Gasteiger partial charge >= 0.3 is 5.97 Å². The second-order valence-electron chi connectivity index (χ2n) is 6.14. The first-order valence-corrected chi connectivity index (χ1v) is 8.43. The van der Waals surface area contributed by atoms with E-state index in [-0.39, 0.29) is 16.7 Å². The highest BCUT2D eigenvalue weighted by molar-refractivity contribution is 6.31. The molecule has 134 valence electrons. The minimum absolute atomic E-state index is 0.188. The number of halogens is 1. The Bertz CT molecular complexity index is 970. The molecule has 3 rings (SSSR count). The van der Waals surface area contributed by atoms with Gasteiger partial charge < -0.3 is 14.5 Å². The number of fused-ring (bicyclic) bond motifs is 1. The molecule has 1 fully saturated rings. The normalized spacial score (nSPS) is 15.4. The number of nitrogens with one attached hydrogen (secondary N) is 1. The van der Waals surface area contributed by atoms with Crippen molar-refractivity contribution < 1.29 is 18.7 Å². The van der Waals surface area contributed by atoms with Crippen molar-refractivity contribution in [2.75, 3.05) is 6.61 Å². The van der Waals surface area contributed by atoms with Gasteiger partial charge in [0.1, 0.15) is 11.1 Å². The van der Waals surface area contributed by atoms with Gasteiger partial charge in [0.05, 0.1) is 11.5 Å². The third-order valence-electron chi connectivity index (χ3n) is 4.27. The number of ether oxygens (including phenoxy) is 1. The first-order chi connectivity index (χ1) is 12.4. The minimum Gasteiger partial charge on any atom is -0.450 e. The van der Waals surface area contributed by atoms with Crippen LogP contribution in [0.4, 0.5) is 0 Å². The van der Waals surface area contributed by atoms with E-state index in [9.17, 15) is 19.6 Å². The van der Waals surface area contributed by atoms with Crippen LogP contribution in [-0.2, 0) is 9.53 Å². The van der Waals surface area contributed by atoms with Gasteiger partial charge in [-0.05, 0) is 43.9 Å². The van der Waals surface area contributed by atoms with Gasteiger partial charge in [-0.25, -0.2) is 4.79 Å². The lowest BCUT2D eigenvalue weighted by Gasteiger charge is -2.21. The lowest BCUT2D eigenvalue weighted by Crippen LogP contribution is -2.46. The van der Waals surface area contributed by atoms with Gasteiger partial charge in [0.25, 0.3) is 5.91 Å². The minimum atomic E-state index is -0.938. The predicted octanol–water partition coefficient (Wildman–Crippen LogP) is 2.56. The van der Waals surface area contributed by atoms with Gasteiger partial charge in [-0.3, -0.25) is 9.59 Å². The highest BCUT2D eigenvalue weighted by Gasteiger charge is 2.35.